The molecular formula is C20H20N4O5. The lowest BCUT2D eigenvalue weighted by atomic mass is 9.92. The van der Waals surface area contributed by atoms with Crippen LogP contribution in [-0.4, -0.2) is 35.9 Å². The summed E-state index contributed by atoms with van der Waals surface area (Å²) in [6.45, 7) is 2.90. The molecule has 9 heteroatoms. The summed E-state index contributed by atoms with van der Waals surface area (Å²) in [4.78, 5) is 49.0. The number of hydrogen-bond acceptors (Lipinski definition) is 5. The van der Waals surface area contributed by atoms with E-state index in [1.54, 1.807) is 43.3 Å². The van der Waals surface area contributed by atoms with E-state index < -0.39 is 23.4 Å². The summed E-state index contributed by atoms with van der Waals surface area (Å²) in [5.74, 6) is -0.969. The van der Waals surface area contributed by atoms with Crippen LogP contribution in [0.15, 0.2) is 48.5 Å². The number of rotatable bonds is 5. The van der Waals surface area contributed by atoms with E-state index >= 15 is 0 Å². The van der Waals surface area contributed by atoms with Crippen molar-refractivity contribution in [3.8, 4) is 5.75 Å². The van der Waals surface area contributed by atoms with E-state index in [-0.39, 0.29) is 11.5 Å². The Morgan fingerprint density at radius 3 is 2.41 bits per heavy atom. The fraction of sp³-hybridized carbons (Fsp3) is 0.200. The average molecular weight is 396 g/mol. The molecule has 0 aliphatic carbocycles. The first-order chi connectivity index (χ1) is 13.7. The van der Waals surface area contributed by atoms with Crippen molar-refractivity contribution in [1.82, 2.24) is 15.8 Å². The van der Waals surface area contributed by atoms with E-state index in [1.165, 1.54) is 26.2 Å². The number of methoxy groups -OCH3 is 1. The van der Waals surface area contributed by atoms with Crippen molar-refractivity contribution in [3.63, 3.8) is 0 Å². The summed E-state index contributed by atoms with van der Waals surface area (Å²) in [5, 5.41) is 5.82. The molecule has 1 aliphatic rings. The minimum Gasteiger partial charge on any atom is -0.497 e. The number of anilines is 1. The van der Waals surface area contributed by atoms with E-state index in [4.69, 9.17) is 4.74 Å². The maximum absolute atomic E-state index is 12.9. The normalized spacial score (nSPS) is 18.2. The SMILES string of the molecule is COc1ccc([C@@]2(C)NC(=O)N(NC(=O)c3cccc(NC(C)=O)c3)C2=O)cc1. The number of carbonyl (C=O) groups excluding carboxylic acids is 4. The first-order valence-corrected chi connectivity index (χ1v) is 8.74. The number of urea groups is 1. The second-order valence-corrected chi connectivity index (χ2v) is 6.63. The molecule has 0 spiro atoms. The molecule has 2 aromatic rings. The number of carbonyl (C=O) groups is 4. The maximum atomic E-state index is 12.9. The Balaban J connectivity index is 1.79. The van der Waals surface area contributed by atoms with Gasteiger partial charge in [-0.3, -0.25) is 19.8 Å². The number of nitrogens with one attached hydrogen (secondary N) is 3. The molecule has 1 aliphatic heterocycles. The summed E-state index contributed by atoms with van der Waals surface area (Å²) in [6, 6.07) is 12.1. The van der Waals surface area contributed by atoms with Crippen LogP contribution in [0.4, 0.5) is 10.5 Å². The maximum Gasteiger partial charge on any atom is 0.344 e. The van der Waals surface area contributed by atoms with E-state index in [0.29, 0.717) is 22.0 Å². The van der Waals surface area contributed by atoms with Gasteiger partial charge in [-0.25, -0.2) is 4.79 Å². The largest absolute Gasteiger partial charge is 0.497 e. The zero-order valence-corrected chi connectivity index (χ0v) is 16.1. The molecule has 0 unspecified atom stereocenters. The summed E-state index contributed by atoms with van der Waals surface area (Å²) in [6.07, 6.45) is 0. The van der Waals surface area contributed by atoms with E-state index in [1.807, 2.05) is 0 Å². The van der Waals surface area contributed by atoms with Crippen LogP contribution in [0.3, 0.4) is 0 Å². The third-order valence-corrected chi connectivity index (χ3v) is 4.52. The summed E-state index contributed by atoms with van der Waals surface area (Å²) in [5.41, 5.74) is 2.12. The topological polar surface area (TPSA) is 117 Å². The van der Waals surface area contributed by atoms with Crippen molar-refractivity contribution >= 4 is 29.4 Å². The van der Waals surface area contributed by atoms with Crippen LogP contribution >= 0.6 is 0 Å². The quantitative estimate of drug-likeness (QED) is 0.666. The molecule has 1 saturated heterocycles. The van der Waals surface area contributed by atoms with Gasteiger partial charge in [0.2, 0.25) is 5.91 Å². The molecule has 0 aromatic heterocycles. The van der Waals surface area contributed by atoms with Crippen LogP contribution in [0, 0.1) is 0 Å². The number of ether oxygens (including phenoxy) is 1. The Morgan fingerprint density at radius 1 is 1.10 bits per heavy atom. The molecule has 1 atom stereocenters. The summed E-state index contributed by atoms with van der Waals surface area (Å²) >= 11 is 0. The number of benzene rings is 2. The molecule has 2 aromatic carbocycles. The van der Waals surface area contributed by atoms with Crippen molar-refractivity contribution in [3.05, 3.63) is 59.7 Å². The molecule has 1 fully saturated rings. The number of nitrogens with zero attached hydrogens (tertiary/aromatic N) is 1. The highest BCUT2D eigenvalue weighted by atomic mass is 16.5. The van der Waals surface area contributed by atoms with Crippen molar-refractivity contribution < 1.29 is 23.9 Å². The van der Waals surface area contributed by atoms with Gasteiger partial charge in [0, 0.05) is 18.2 Å². The number of hydrogen-bond donors (Lipinski definition) is 3. The van der Waals surface area contributed by atoms with Gasteiger partial charge in [0.1, 0.15) is 11.3 Å². The van der Waals surface area contributed by atoms with Gasteiger partial charge in [0.15, 0.2) is 0 Å². The highest BCUT2D eigenvalue weighted by Gasteiger charge is 2.50. The van der Waals surface area contributed by atoms with Gasteiger partial charge in [-0.1, -0.05) is 18.2 Å². The van der Waals surface area contributed by atoms with Gasteiger partial charge in [0.05, 0.1) is 7.11 Å². The van der Waals surface area contributed by atoms with Gasteiger partial charge in [-0.05, 0) is 42.8 Å². The fourth-order valence-electron chi connectivity index (χ4n) is 2.97. The van der Waals surface area contributed by atoms with Gasteiger partial charge < -0.3 is 15.4 Å². The molecule has 0 bridgehead atoms. The molecule has 3 N–H and O–H groups in total. The number of hydrazine groups is 1. The smallest absolute Gasteiger partial charge is 0.344 e. The fourth-order valence-corrected chi connectivity index (χ4v) is 2.97. The Hall–Kier alpha value is -3.88. The molecule has 3 rings (SSSR count). The molecule has 5 amide bonds. The standard InChI is InChI=1S/C20H20N4O5/c1-12(25)21-15-6-4-5-13(11-15)17(26)23-24-18(27)20(2,22-19(24)28)14-7-9-16(29-3)10-8-14/h4-11H,1-3H3,(H,21,25)(H,22,28)(H,23,26)/t20-/m1/s1. The predicted octanol–water partition coefficient (Wildman–Crippen LogP) is 1.77. The molecule has 9 nitrogen and oxygen atoms in total. The van der Waals surface area contributed by atoms with Crippen LogP contribution in [0.2, 0.25) is 0 Å². The number of amides is 5. The van der Waals surface area contributed by atoms with Crippen LogP contribution in [0.1, 0.15) is 29.8 Å². The summed E-state index contributed by atoms with van der Waals surface area (Å²) in [7, 11) is 1.53. The highest BCUT2D eigenvalue weighted by Crippen LogP contribution is 2.29. The molecular weight excluding hydrogens is 376 g/mol. The zero-order chi connectivity index (χ0) is 21.2. The van der Waals surface area contributed by atoms with Crippen molar-refractivity contribution in [2.24, 2.45) is 0 Å². The van der Waals surface area contributed by atoms with Crippen molar-refractivity contribution in [2.75, 3.05) is 12.4 Å². The van der Waals surface area contributed by atoms with Crippen LogP contribution < -0.4 is 20.8 Å². The monoisotopic (exact) mass is 396 g/mol. The minimum absolute atomic E-state index is 0.176. The zero-order valence-electron chi connectivity index (χ0n) is 16.1. The molecule has 150 valence electrons. The molecule has 0 radical (unpaired) electrons. The van der Waals surface area contributed by atoms with Gasteiger partial charge in [0.25, 0.3) is 11.8 Å². The third-order valence-electron chi connectivity index (χ3n) is 4.52. The van der Waals surface area contributed by atoms with E-state index in [2.05, 4.69) is 16.1 Å². The first-order valence-electron chi connectivity index (χ1n) is 8.74. The van der Waals surface area contributed by atoms with E-state index in [0.717, 1.165) is 0 Å². The lowest BCUT2D eigenvalue weighted by Crippen LogP contribution is -2.47. The minimum atomic E-state index is -1.34. The number of imide groups is 1. The molecule has 29 heavy (non-hydrogen) atoms. The summed E-state index contributed by atoms with van der Waals surface area (Å²) < 4.78 is 5.10. The second-order valence-electron chi connectivity index (χ2n) is 6.63. The predicted molar refractivity (Wildman–Crippen MR) is 104 cm³/mol. The molecule has 0 saturated carbocycles. The second kappa shape index (κ2) is 7.63. The molecule has 1 heterocycles. The Labute approximate surface area is 167 Å². The Bertz CT molecular complexity index is 989. The van der Waals surface area contributed by atoms with Crippen LogP contribution in [0.5, 0.6) is 5.75 Å². The van der Waals surface area contributed by atoms with Gasteiger partial charge in [-0.2, -0.15) is 5.01 Å². The van der Waals surface area contributed by atoms with E-state index in [9.17, 15) is 19.2 Å². The highest BCUT2D eigenvalue weighted by molar-refractivity contribution is 6.09. The van der Waals surface area contributed by atoms with Gasteiger partial charge in [-0.15, -0.1) is 0 Å². The van der Waals surface area contributed by atoms with Crippen LogP contribution in [-0.2, 0) is 15.1 Å². The average Bonchev–Trinajstić information content (AvgIpc) is 2.91. The lowest BCUT2D eigenvalue weighted by molar-refractivity contribution is -0.132. The van der Waals surface area contributed by atoms with Crippen molar-refractivity contribution in [2.45, 2.75) is 19.4 Å². The Kier molecular flexibility index (Phi) is 5.22. The lowest BCUT2D eigenvalue weighted by Gasteiger charge is -2.22. The third kappa shape index (κ3) is 3.88. The van der Waals surface area contributed by atoms with Gasteiger partial charge >= 0.3 is 6.03 Å². The van der Waals surface area contributed by atoms with Crippen molar-refractivity contribution in [1.29, 1.82) is 0 Å². The Morgan fingerprint density at radius 2 is 1.79 bits per heavy atom. The van der Waals surface area contributed by atoms with Crippen LogP contribution in [0.25, 0.3) is 0 Å². The first kappa shape index (κ1) is 19.9.